The fourth-order valence-electron chi connectivity index (χ4n) is 0.434. The van der Waals surface area contributed by atoms with Gasteiger partial charge in [-0.2, -0.15) is 0 Å². The van der Waals surface area contributed by atoms with Crippen LogP contribution in [0, 0.1) is 5.41 Å². The Balaban J connectivity index is 3.65. The molecule has 0 aliphatic rings. The first-order chi connectivity index (χ1) is 6.38. The van der Waals surface area contributed by atoms with Crippen molar-refractivity contribution in [2.75, 3.05) is 12.9 Å². The van der Waals surface area contributed by atoms with Crippen LogP contribution in [0.2, 0.25) is 0 Å². The molecule has 0 bridgehead atoms. The van der Waals surface area contributed by atoms with Gasteiger partial charge in [-0.05, 0) is 20.8 Å². The van der Waals surface area contributed by atoms with Crippen LogP contribution in [0.4, 0.5) is 4.79 Å². The van der Waals surface area contributed by atoms with E-state index in [-0.39, 0.29) is 6.07 Å². The molecule has 0 heterocycles. The zero-order chi connectivity index (χ0) is 11.2. The third kappa shape index (κ3) is 5.64. The second-order valence-electron chi connectivity index (χ2n) is 3.45. The summed E-state index contributed by atoms with van der Waals surface area (Å²) in [6.07, 6.45) is -0.971. The van der Waals surface area contributed by atoms with Crippen LogP contribution < -0.4 is 0 Å². The molecule has 0 aliphatic carbocycles. The smallest absolute Gasteiger partial charge is 0.427 e. The van der Waals surface area contributed by atoms with Crippen molar-refractivity contribution in [1.82, 2.24) is 0 Å². The lowest BCUT2D eigenvalue weighted by molar-refractivity contribution is -0.162. The minimum absolute atomic E-state index is 0.300. The lowest BCUT2D eigenvalue weighted by Gasteiger charge is -2.15. The van der Waals surface area contributed by atoms with Crippen LogP contribution in [-0.4, -0.2) is 25.0 Å². The standard InChI is InChI=1S/C8H13ClO5/c1-8(2,3)6(10)13-5-14-7(11)12-4-9/h4-5H2,1-3H3. The SMILES string of the molecule is CC(C)(C)C(=O)OCOC(=O)OCCl. The minimum Gasteiger partial charge on any atom is -0.427 e. The topological polar surface area (TPSA) is 61.8 Å². The zero-order valence-corrected chi connectivity index (χ0v) is 9.09. The first kappa shape index (κ1) is 13.0. The predicted octanol–water partition coefficient (Wildman–Crippen LogP) is 1.88. The molecule has 0 aromatic rings. The van der Waals surface area contributed by atoms with Gasteiger partial charge in [-0.15, -0.1) is 0 Å². The van der Waals surface area contributed by atoms with Crippen LogP contribution in [0.1, 0.15) is 20.8 Å². The Morgan fingerprint density at radius 3 is 2.14 bits per heavy atom. The first-order valence-electron chi connectivity index (χ1n) is 3.90. The fraction of sp³-hybridized carbons (Fsp3) is 0.750. The Kier molecular flexibility index (Phi) is 5.30. The van der Waals surface area contributed by atoms with Crippen molar-refractivity contribution in [3.8, 4) is 0 Å². The van der Waals surface area contributed by atoms with Crippen LogP contribution >= 0.6 is 11.6 Å². The van der Waals surface area contributed by atoms with Crippen molar-refractivity contribution in [1.29, 1.82) is 0 Å². The number of hydrogen-bond donors (Lipinski definition) is 0. The Labute approximate surface area is 87.3 Å². The largest absolute Gasteiger partial charge is 0.512 e. The molecule has 0 fully saturated rings. The molecule has 5 nitrogen and oxygen atoms in total. The third-order valence-electron chi connectivity index (χ3n) is 1.15. The molecular weight excluding hydrogens is 212 g/mol. The maximum atomic E-state index is 11.1. The van der Waals surface area contributed by atoms with Gasteiger partial charge in [-0.3, -0.25) is 4.79 Å². The third-order valence-corrected chi connectivity index (χ3v) is 1.26. The molecule has 0 unspecified atom stereocenters. The molecule has 0 amide bonds. The molecule has 0 rings (SSSR count). The summed E-state index contributed by atoms with van der Waals surface area (Å²) in [5.41, 5.74) is -0.625. The van der Waals surface area contributed by atoms with Crippen LogP contribution in [0.3, 0.4) is 0 Å². The van der Waals surface area contributed by atoms with Crippen molar-refractivity contribution in [2.45, 2.75) is 20.8 Å². The Morgan fingerprint density at radius 2 is 1.71 bits per heavy atom. The van der Waals surface area contributed by atoms with E-state index in [1.54, 1.807) is 20.8 Å². The van der Waals surface area contributed by atoms with Crippen molar-refractivity contribution in [3.63, 3.8) is 0 Å². The summed E-state index contributed by atoms with van der Waals surface area (Å²) in [5, 5.41) is 0. The van der Waals surface area contributed by atoms with E-state index in [0.717, 1.165) is 0 Å². The van der Waals surface area contributed by atoms with Gasteiger partial charge in [0.2, 0.25) is 6.79 Å². The van der Waals surface area contributed by atoms with E-state index in [9.17, 15) is 9.59 Å². The molecule has 0 atom stereocenters. The lowest BCUT2D eigenvalue weighted by Crippen LogP contribution is -2.24. The van der Waals surface area contributed by atoms with Crippen molar-refractivity contribution < 1.29 is 23.8 Å². The molecule has 0 radical (unpaired) electrons. The van der Waals surface area contributed by atoms with E-state index in [0.29, 0.717) is 0 Å². The van der Waals surface area contributed by atoms with E-state index in [4.69, 9.17) is 11.6 Å². The molecule has 14 heavy (non-hydrogen) atoms. The molecule has 0 spiro atoms. The van der Waals surface area contributed by atoms with Crippen molar-refractivity contribution >= 4 is 23.7 Å². The minimum atomic E-state index is -0.971. The normalized spacial score (nSPS) is 10.6. The highest BCUT2D eigenvalue weighted by molar-refractivity contribution is 6.17. The van der Waals surface area contributed by atoms with Gasteiger partial charge in [0.15, 0.2) is 6.07 Å². The summed E-state index contributed by atoms with van der Waals surface area (Å²) >= 11 is 5.08. The molecular formula is C8H13ClO5. The quantitative estimate of drug-likeness (QED) is 0.416. The summed E-state index contributed by atoms with van der Waals surface area (Å²) in [6, 6.07) is -0.300. The first-order valence-corrected chi connectivity index (χ1v) is 4.44. The number of halogens is 1. The predicted molar refractivity (Wildman–Crippen MR) is 48.7 cm³/mol. The summed E-state index contributed by atoms with van der Waals surface area (Å²) in [6.45, 7) is 4.59. The number of ether oxygens (including phenoxy) is 3. The average Bonchev–Trinajstić information content (AvgIpc) is 2.02. The maximum Gasteiger partial charge on any atom is 0.512 e. The number of rotatable bonds is 3. The average molecular weight is 225 g/mol. The molecule has 0 aromatic heterocycles. The number of esters is 1. The van der Waals surface area contributed by atoms with Crippen LogP contribution in [0.25, 0.3) is 0 Å². The Bertz CT molecular complexity index is 208. The van der Waals surface area contributed by atoms with Gasteiger partial charge < -0.3 is 14.2 Å². The molecule has 0 saturated heterocycles. The zero-order valence-electron chi connectivity index (χ0n) is 8.33. The maximum absolute atomic E-state index is 11.1. The number of alkyl halides is 1. The van der Waals surface area contributed by atoms with E-state index in [2.05, 4.69) is 14.2 Å². The Morgan fingerprint density at radius 1 is 1.14 bits per heavy atom. The monoisotopic (exact) mass is 224 g/mol. The fourth-order valence-corrected chi connectivity index (χ4v) is 0.523. The highest BCUT2D eigenvalue weighted by Crippen LogP contribution is 2.14. The van der Waals surface area contributed by atoms with Gasteiger partial charge in [-0.25, -0.2) is 4.79 Å². The summed E-state index contributed by atoms with van der Waals surface area (Å²) < 4.78 is 13.2. The molecule has 0 N–H and O–H groups in total. The highest BCUT2D eigenvalue weighted by Gasteiger charge is 2.23. The van der Waals surface area contributed by atoms with Crippen LogP contribution in [0.5, 0.6) is 0 Å². The van der Waals surface area contributed by atoms with E-state index in [1.807, 2.05) is 0 Å². The van der Waals surface area contributed by atoms with Crippen molar-refractivity contribution in [3.05, 3.63) is 0 Å². The second kappa shape index (κ2) is 5.70. The molecule has 0 aliphatic heterocycles. The van der Waals surface area contributed by atoms with Gasteiger partial charge in [0.05, 0.1) is 5.41 Å². The molecule has 0 saturated carbocycles. The van der Waals surface area contributed by atoms with Crippen LogP contribution in [0.15, 0.2) is 0 Å². The van der Waals surface area contributed by atoms with Gasteiger partial charge in [0.1, 0.15) is 0 Å². The van der Waals surface area contributed by atoms with E-state index in [1.165, 1.54) is 0 Å². The van der Waals surface area contributed by atoms with Gasteiger partial charge >= 0.3 is 12.1 Å². The number of hydrogen-bond acceptors (Lipinski definition) is 5. The second-order valence-corrected chi connectivity index (χ2v) is 3.67. The van der Waals surface area contributed by atoms with Gasteiger partial charge in [0, 0.05) is 0 Å². The summed E-state index contributed by atoms with van der Waals surface area (Å²) in [4.78, 5) is 21.7. The van der Waals surface area contributed by atoms with Gasteiger partial charge in [0.25, 0.3) is 0 Å². The van der Waals surface area contributed by atoms with E-state index >= 15 is 0 Å². The number of carbonyl (C=O) groups excluding carboxylic acids is 2. The summed E-state index contributed by atoms with van der Waals surface area (Å²) in [7, 11) is 0. The van der Waals surface area contributed by atoms with E-state index < -0.39 is 24.3 Å². The van der Waals surface area contributed by atoms with Gasteiger partial charge in [-0.1, -0.05) is 11.6 Å². The molecule has 82 valence electrons. The highest BCUT2D eigenvalue weighted by atomic mass is 35.5. The number of carbonyl (C=O) groups is 2. The van der Waals surface area contributed by atoms with Crippen LogP contribution in [-0.2, 0) is 19.0 Å². The molecule has 6 heteroatoms. The Hall–Kier alpha value is -0.970. The lowest BCUT2D eigenvalue weighted by atomic mass is 9.98. The summed E-state index contributed by atoms with van der Waals surface area (Å²) in [5.74, 6) is -0.462. The van der Waals surface area contributed by atoms with Crippen molar-refractivity contribution in [2.24, 2.45) is 5.41 Å². The molecule has 0 aromatic carbocycles.